The van der Waals surface area contributed by atoms with Crippen LogP contribution in [0.5, 0.6) is 5.75 Å². The number of anilines is 3. The Balaban J connectivity index is 1.68. The van der Waals surface area contributed by atoms with E-state index in [1.54, 1.807) is 19.1 Å². The van der Waals surface area contributed by atoms with Gasteiger partial charge in [0.15, 0.2) is 0 Å². The van der Waals surface area contributed by atoms with Crippen LogP contribution in [0.15, 0.2) is 54.6 Å². The van der Waals surface area contributed by atoms with Gasteiger partial charge in [0.05, 0.1) is 5.56 Å². The maximum absolute atomic E-state index is 12.8. The second-order valence-corrected chi connectivity index (χ2v) is 6.47. The lowest BCUT2D eigenvalue weighted by atomic mass is 10.1. The quantitative estimate of drug-likeness (QED) is 0.455. The number of halogens is 6. The molecule has 2 aromatic carbocycles. The van der Waals surface area contributed by atoms with Crippen molar-refractivity contribution in [1.82, 2.24) is 9.97 Å². The SMILES string of the molecule is Cc1cc(NCc2cccc(C(F)(F)F)c2)nc(Nc2ccc(OC(F)(F)F)cc2)n1. The fourth-order valence-electron chi connectivity index (χ4n) is 2.63. The summed E-state index contributed by atoms with van der Waals surface area (Å²) in [5, 5.41) is 5.79. The Morgan fingerprint density at radius 2 is 1.61 bits per heavy atom. The van der Waals surface area contributed by atoms with Gasteiger partial charge in [-0.25, -0.2) is 4.98 Å². The van der Waals surface area contributed by atoms with Gasteiger partial charge in [0.25, 0.3) is 0 Å². The number of hydrogen-bond acceptors (Lipinski definition) is 5. The van der Waals surface area contributed by atoms with E-state index in [4.69, 9.17) is 0 Å². The van der Waals surface area contributed by atoms with Crippen molar-refractivity contribution in [2.45, 2.75) is 26.0 Å². The summed E-state index contributed by atoms with van der Waals surface area (Å²) in [5.74, 6) is 0.159. The topological polar surface area (TPSA) is 59.1 Å². The average molecular weight is 442 g/mol. The minimum absolute atomic E-state index is 0.100. The molecule has 0 saturated heterocycles. The molecule has 0 unspecified atom stereocenters. The van der Waals surface area contributed by atoms with Crippen molar-refractivity contribution < 1.29 is 31.1 Å². The Morgan fingerprint density at radius 3 is 2.26 bits per heavy atom. The number of rotatable bonds is 6. The first-order valence-corrected chi connectivity index (χ1v) is 8.86. The van der Waals surface area contributed by atoms with E-state index in [-0.39, 0.29) is 18.2 Å². The molecule has 0 bridgehead atoms. The third kappa shape index (κ3) is 6.76. The minimum Gasteiger partial charge on any atom is -0.406 e. The summed E-state index contributed by atoms with van der Waals surface area (Å²) in [6.07, 6.45) is -9.21. The fourth-order valence-corrected chi connectivity index (χ4v) is 2.63. The zero-order valence-electron chi connectivity index (χ0n) is 16.0. The molecule has 3 aromatic rings. The number of ether oxygens (including phenoxy) is 1. The molecule has 0 aliphatic heterocycles. The lowest BCUT2D eigenvalue weighted by Crippen LogP contribution is -2.17. The van der Waals surface area contributed by atoms with E-state index in [2.05, 4.69) is 25.3 Å². The van der Waals surface area contributed by atoms with Crippen LogP contribution in [0.2, 0.25) is 0 Å². The summed E-state index contributed by atoms with van der Waals surface area (Å²) in [5.41, 5.74) is 0.664. The van der Waals surface area contributed by atoms with Crippen molar-refractivity contribution in [3.8, 4) is 5.75 Å². The van der Waals surface area contributed by atoms with Gasteiger partial charge in [-0.3, -0.25) is 0 Å². The molecule has 5 nitrogen and oxygen atoms in total. The molecule has 0 radical (unpaired) electrons. The van der Waals surface area contributed by atoms with E-state index in [1.165, 1.54) is 18.2 Å². The van der Waals surface area contributed by atoms with E-state index >= 15 is 0 Å². The maximum atomic E-state index is 12.8. The summed E-state index contributed by atoms with van der Waals surface area (Å²) < 4.78 is 79.0. The van der Waals surface area contributed by atoms with Crippen LogP contribution in [0.4, 0.5) is 43.8 Å². The van der Waals surface area contributed by atoms with Crippen LogP contribution in [0.1, 0.15) is 16.8 Å². The molecule has 11 heteroatoms. The van der Waals surface area contributed by atoms with E-state index in [1.807, 2.05) is 0 Å². The van der Waals surface area contributed by atoms with Crippen molar-refractivity contribution in [2.24, 2.45) is 0 Å². The molecule has 164 valence electrons. The summed E-state index contributed by atoms with van der Waals surface area (Å²) >= 11 is 0. The van der Waals surface area contributed by atoms with E-state index in [9.17, 15) is 26.3 Å². The van der Waals surface area contributed by atoms with Gasteiger partial charge in [-0.15, -0.1) is 13.2 Å². The second kappa shape index (κ2) is 8.70. The molecule has 0 aliphatic carbocycles. The molecule has 0 aliphatic rings. The highest BCUT2D eigenvalue weighted by molar-refractivity contribution is 5.56. The molecule has 0 fully saturated rings. The largest absolute Gasteiger partial charge is 0.573 e. The molecule has 0 spiro atoms. The smallest absolute Gasteiger partial charge is 0.406 e. The molecular formula is C20H16F6N4O. The highest BCUT2D eigenvalue weighted by Gasteiger charge is 2.31. The summed E-state index contributed by atoms with van der Waals surface area (Å²) in [6.45, 7) is 1.80. The van der Waals surface area contributed by atoms with Crippen LogP contribution in [-0.2, 0) is 12.7 Å². The van der Waals surface area contributed by atoms with Crippen LogP contribution in [-0.4, -0.2) is 16.3 Å². The second-order valence-electron chi connectivity index (χ2n) is 6.47. The Hall–Kier alpha value is -3.50. The van der Waals surface area contributed by atoms with E-state index < -0.39 is 18.1 Å². The molecule has 0 atom stereocenters. The Bertz CT molecular complexity index is 1040. The molecule has 0 saturated carbocycles. The van der Waals surface area contributed by atoms with Gasteiger partial charge in [-0.2, -0.15) is 18.2 Å². The van der Waals surface area contributed by atoms with Crippen molar-refractivity contribution in [3.05, 3.63) is 71.4 Å². The van der Waals surface area contributed by atoms with Crippen LogP contribution < -0.4 is 15.4 Å². The van der Waals surface area contributed by atoms with Crippen LogP contribution in [0, 0.1) is 6.92 Å². The van der Waals surface area contributed by atoms with E-state index in [0.29, 0.717) is 22.8 Å². The molecule has 2 N–H and O–H groups in total. The van der Waals surface area contributed by atoms with Gasteiger partial charge >= 0.3 is 12.5 Å². The van der Waals surface area contributed by atoms with Gasteiger partial charge in [-0.1, -0.05) is 12.1 Å². The predicted octanol–water partition coefficient (Wildman–Crippen LogP) is 6.06. The van der Waals surface area contributed by atoms with Gasteiger partial charge in [0.1, 0.15) is 11.6 Å². The number of aromatic nitrogens is 2. The molecule has 3 rings (SSSR count). The average Bonchev–Trinajstić information content (AvgIpc) is 2.66. The van der Waals surface area contributed by atoms with Gasteiger partial charge < -0.3 is 15.4 Å². The molecule has 31 heavy (non-hydrogen) atoms. The van der Waals surface area contributed by atoms with E-state index in [0.717, 1.165) is 24.3 Å². The first kappa shape index (κ1) is 22.2. The summed E-state index contributed by atoms with van der Waals surface area (Å²) in [4.78, 5) is 8.42. The van der Waals surface area contributed by atoms with Gasteiger partial charge in [0, 0.05) is 24.0 Å². The number of benzene rings is 2. The lowest BCUT2D eigenvalue weighted by molar-refractivity contribution is -0.274. The normalized spacial score (nSPS) is 11.8. The third-order valence-corrected chi connectivity index (χ3v) is 3.93. The number of hydrogen-bond donors (Lipinski definition) is 2. The highest BCUT2D eigenvalue weighted by atomic mass is 19.4. The number of alkyl halides is 6. The van der Waals surface area contributed by atoms with Crippen LogP contribution >= 0.6 is 0 Å². The van der Waals surface area contributed by atoms with Crippen molar-refractivity contribution in [2.75, 3.05) is 10.6 Å². The summed E-state index contributed by atoms with van der Waals surface area (Å²) in [7, 11) is 0. The Morgan fingerprint density at radius 1 is 0.903 bits per heavy atom. The highest BCUT2D eigenvalue weighted by Crippen LogP contribution is 2.30. The first-order valence-electron chi connectivity index (χ1n) is 8.86. The Labute approximate surface area is 173 Å². The number of nitrogens with zero attached hydrogens (tertiary/aromatic N) is 2. The standard InChI is InChI=1S/C20H16F6N4O/c1-12-9-17(27-11-13-3-2-4-14(10-13)19(21,22)23)30-18(28-12)29-15-5-7-16(8-6-15)31-20(24,25)26/h2-10H,11H2,1H3,(H2,27,28,29,30). The number of aryl methyl sites for hydroxylation is 1. The third-order valence-electron chi connectivity index (χ3n) is 3.93. The lowest BCUT2D eigenvalue weighted by Gasteiger charge is -2.12. The summed E-state index contributed by atoms with van der Waals surface area (Å²) in [6, 6.07) is 11.5. The monoisotopic (exact) mass is 442 g/mol. The maximum Gasteiger partial charge on any atom is 0.573 e. The molecule has 1 heterocycles. The first-order chi connectivity index (χ1) is 14.5. The zero-order chi connectivity index (χ0) is 22.6. The predicted molar refractivity (Wildman–Crippen MR) is 102 cm³/mol. The molecule has 1 aromatic heterocycles. The Kier molecular flexibility index (Phi) is 6.23. The fraction of sp³-hybridized carbons (Fsp3) is 0.200. The molecular weight excluding hydrogens is 426 g/mol. The van der Waals surface area contributed by atoms with Gasteiger partial charge in [-0.05, 0) is 48.9 Å². The van der Waals surface area contributed by atoms with Crippen molar-refractivity contribution in [3.63, 3.8) is 0 Å². The number of nitrogens with one attached hydrogen (secondary N) is 2. The van der Waals surface area contributed by atoms with Crippen LogP contribution in [0.25, 0.3) is 0 Å². The molecule has 0 amide bonds. The zero-order valence-corrected chi connectivity index (χ0v) is 16.0. The van der Waals surface area contributed by atoms with Gasteiger partial charge in [0.2, 0.25) is 5.95 Å². The van der Waals surface area contributed by atoms with Crippen molar-refractivity contribution in [1.29, 1.82) is 0 Å². The van der Waals surface area contributed by atoms with Crippen LogP contribution in [0.3, 0.4) is 0 Å². The van der Waals surface area contributed by atoms with Crippen molar-refractivity contribution >= 4 is 17.5 Å². The minimum atomic E-state index is -4.78.